The summed E-state index contributed by atoms with van der Waals surface area (Å²) in [7, 11) is 4.66. The summed E-state index contributed by atoms with van der Waals surface area (Å²) in [6, 6.07) is 15.7. The van der Waals surface area contributed by atoms with Crippen LogP contribution >= 0.6 is 0 Å². The maximum absolute atomic E-state index is 13.9. The summed E-state index contributed by atoms with van der Waals surface area (Å²) >= 11 is 0. The Labute approximate surface area is 207 Å². The van der Waals surface area contributed by atoms with Crippen molar-refractivity contribution >= 4 is 33.4 Å². The van der Waals surface area contributed by atoms with Crippen molar-refractivity contribution in [2.75, 3.05) is 27.9 Å². The molecule has 1 aliphatic heterocycles. The fourth-order valence-electron chi connectivity index (χ4n) is 6.42. The van der Waals surface area contributed by atoms with Gasteiger partial charge in [-0.3, -0.25) is 9.59 Å². The van der Waals surface area contributed by atoms with Crippen molar-refractivity contribution in [1.82, 2.24) is 9.88 Å². The average Bonchev–Trinajstić information content (AvgIpc) is 3.28. The molecule has 2 atom stereocenters. The molecule has 0 radical (unpaired) electrons. The molecule has 180 valence electrons. The van der Waals surface area contributed by atoms with E-state index in [1.807, 2.05) is 30.3 Å². The van der Waals surface area contributed by atoms with Crippen LogP contribution in [0, 0.1) is 5.92 Å². The molecule has 3 aliphatic rings. The van der Waals surface area contributed by atoms with Crippen LogP contribution in [0.4, 0.5) is 0 Å². The number of hydrogen-bond acceptors (Lipinski definition) is 5. The molecule has 1 spiro atoms. The first kappa shape index (κ1) is 21.1. The number of carbonyl (C=O) groups excluding carboxylic acids is 2. The molecular formula is C29H24N2O5. The van der Waals surface area contributed by atoms with Crippen molar-refractivity contribution in [2.45, 2.75) is 11.8 Å². The lowest BCUT2D eigenvalue weighted by molar-refractivity contribution is 0.0806. The number of methoxy groups -OCH3 is 3. The fraction of sp³-hybridized carbons (Fsp3) is 0.241. The Hall–Kier alpha value is -4.26. The lowest BCUT2D eigenvalue weighted by atomic mass is 9.78. The highest BCUT2D eigenvalue weighted by molar-refractivity contribution is 6.13. The van der Waals surface area contributed by atoms with Crippen LogP contribution in [0.1, 0.15) is 32.8 Å². The third kappa shape index (κ3) is 2.52. The van der Waals surface area contributed by atoms with Crippen molar-refractivity contribution in [3.8, 4) is 17.2 Å². The second-order valence-corrected chi connectivity index (χ2v) is 9.68. The number of ketones is 1. The van der Waals surface area contributed by atoms with Gasteiger partial charge in [-0.15, -0.1) is 0 Å². The zero-order valence-corrected chi connectivity index (χ0v) is 20.2. The number of carbonyl (C=O) groups is 2. The molecule has 7 nitrogen and oxygen atoms in total. The third-order valence-corrected chi connectivity index (χ3v) is 8.06. The SMILES string of the molecule is COc1cc2cc(C(=O)N3C[C@@H]4C[C@]45C3=CC(=O)c3ccc4ccccc4c35)[nH]c2c(OC)c1OC. The van der Waals surface area contributed by atoms with Crippen LogP contribution in [-0.4, -0.2) is 49.4 Å². The van der Waals surface area contributed by atoms with E-state index < -0.39 is 0 Å². The van der Waals surface area contributed by atoms with Crippen LogP contribution in [0.3, 0.4) is 0 Å². The Bertz CT molecular complexity index is 1670. The monoisotopic (exact) mass is 480 g/mol. The Balaban J connectivity index is 1.34. The number of benzene rings is 3. The van der Waals surface area contributed by atoms with Gasteiger partial charge in [-0.05, 0) is 40.8 Å². The van der Waals surface area contributed by atoms with Gasteiger partial charge in [0.2, 0.25) is 5.75 Å². The smallest absolute Gasteiger partial charge is 0.274 e. The molecule has 3 aromatic carbocycles. The molecule has 7 rings (SSSR count). The summed E-state index contributed by atoms with van der Waals surface area (Å²) < 4.78 is 16.6. The highest BCUT2D eigenvalue weighted by Crippen LogP contribution is 2.67. The minimum atomic E-state index is -0.282. The van der Waals surface area contributed by atoms with E-state index >= 15 is 0 Å². The molecule has 1 amide bonds. The largest absolute Gasteiger partial charge is 0.493 e. The van der Waals surface area contributed by atoms with E-state index in [9.17, 15) is 9.59 Å². The van der Waals surface area contributed by atoms with E-state index in [4.69, 9.17) is 14.2 Å². The van der Waals surface area contributed by atoms with Crippen LogP contribution < -0.4 is 14.2 Å². The second kappa shape index (κ2) is 7.13. The standard InChI is InChI=1S/C29H24N2O5/c1-34-22-11-16-10-20(30-25(16)27(36-3)26(22)35-2)28(33)31-14-17-13-29(17)23(31)12-21(32)19-9-8-15-6-4-5-7-18(15)24(19)29/h4-12,17,30H,13-14H2,1-3H3/t17-,29+/m0/s1. The highest BCUT2D eigenvalue weighted by atomic mass is 16.5. The number of ether oxygens (including phenoxy) is 3. The number of H-pyrrole nitrogens is 1. The predicted molar refractivity (Wildman–Crippen MR) is 135 cm³/mol. The van der Waals surface area contributed by atoms with Gasteiger partial charge < -0.3 is 24.1 Å². The fourth-order valence-corrected chi connectivity index (χ4v) is 6.42. The van der Waals surface area contributed by atoms with Crippen LogP contribution in [0.5, 0.6) is 17.2 Å². The minimum Gasteiger partial charge on any atom is -0.493 e. The van der Waals surface area contributed by atoms with Crippen LogP contribution in [0.25, 0.3) is 21.7 Å². The number of amides is 1. The Morgan fingerprint density at radius 2 is 1.81 bits per heavy atom. The van der Waals surface area contributed by atoms with Gasteiger partial charge in [-0.2, -0.15) is 0 Å². The zero-order valence-electron chi connectivity index (χ0n) is 20.2. The molecule has 2 heterocycles. The quantitative estimate of drug-likeness (QED) is 0.452. The molecule has 2 aliphatic carbocycles. The van der Waals surface area contributed by atoms with Gasteiger partial charge in [0.1, 0.15) is 5.69 Å². The topological polar surface area (TPSA) is 80.9 Å². The van der Waals surface area contributed by atoms with E-state index in [2.05, 4.69) is 17.1 Å². The number of rotatable bonds is 4. The summed E-state index contributed by atoms with van der Waals surface area (Å²) in [5.41, 5.74) is 3.44. The van der Waals surface area contributed by atoms with Gasteiger partial charge in [0.05, 0.1) is 26.8 Å². The van der Waals surface area contributed by atoms with Gasteiger partial charge >= 0.3 is 0 Å². The molecule has 1 N–H and O–H groups in total. The van der Waals surface area contributed by atoms with Crippen molar-refractivity contribution in [1.29, 1.82) is 0 Å². The molecule has 36 heavy (non-hydrogen) atoms. The van der Waals surface area contributed by atoms with Gasteiger partial charge in [0.25, 0.3) is 5.91 Å². The number of fused-ring (bicyclic) bond motifs is 4. The first-order valence-corrected chi connectivity index (χ1v) is 11.9. The summed E-state index contributed by atoms with van der Waals surface area (Å²) in [5, 5.41) is 2.98. The lowest BCUT2D eigenvalue weighted by Gasteiger charge is -2.30. The summed E-state index contributed by atoms with van der Waals surface area (Å²) in [4.78, 5) is 32.1. The molecule has 7 heteroatoms. The van der Waals surface area contributed by atoms with Crippen molar-refractivity contribution < 1.29 is 23.8 Å². The second-order valence-electron chi connectivity index (χ2n) is 9.68. The number of nitrogens with one attached hydrogen (secondary N) is 1. The van der Waals surface area contributed by atoms with E-state index in [0.717, 1.165) is 39.4 Å². The van der Waals surface area contributed by atoms with Crippen molar-refractivity contribution in [2.24, 2.45) is 5.92 Å². The first-order valence-electron chi connectivity index (χ1n) is 11.9. The third-order valence-electron chi connectivity index (χ3n) is 8.06. The van der Waals surface area contributed by atoms with Crippen LogP contribution in [0.2, 0.25) is 0 Å². The molecule has 0 unspecified atom stereocenters. The predicted octanol–water partition coefficient (Wildman–Crippen LogP) is 4.84. The minimum absolute atomic E-state index is 0.0467. The number of aromatic amines is 1. The van der Waals surface area contributed by atoms with Crippen molar-refractivity contribution in [3.05, 3.63) is 77.1 Å². The number of piperidine rings is 1. The van der Waals surface area contributed by atoms with Crippen LogP contribution in [-0.2, 0) is 5.41 Å². The summed E-state index contributed by atoms with van der Waals surface area (Å²) in [6.45, 7) is 0.583. The van der Waals surface area contributed by atoms with E-state index in [-0.39, 0.29) is 17.1 Å². The van der Waals surface area contributed by atoms with Crippen LogP contribution in [0.15, 0.2) is 60.3 Å². The Kier molecular flexibility index (Phi) is 4.17. The lowest BCUT2D eigenvalue weighted by Crippen LogP contribution is -2.34. The molecule has 1 aromatic heterocycles. The number of allylic oxidation sites excluding steroid dienone is 2. The summed E-state index contributed by atoms with van der Waals surface area (Å²) in [6.07, 6.45) is 2.63. The van der Waals surface area contributed by atoms with E-state index in [0.29, 0.717) is 40.9 Å². The Morgan fingerprint density at radius 3 is 2.58 bits per heavy atom. The van der Waals surface area contributed by atoms with E-state index in [1.165, 1.54) is 0 Å². The average molecular weight is 481 g/mol. The number of nitrogens with zero attached hydrogens (tertiary/aromatic N) is 1. The molecule has 1 saturated carbocycles. The molecule has 0 bridgehead atoms. The number of likely N-dealkylation sites (tertiary alicyclic amines) is 1. The maximum atomic E-state index is 13.9. The Morgan fingerprint density at radius 1 is 1.00 bits per heavy atom. The van der Waals surface area contributed by atoms with Crippen molar-refractivity contribution in [3.63, 3.8) is 0 Å². The maximum Gasteiger partial charge on any atom is 0.274 e. The van der Waals surface area contributed by atoms with Gasteiger partial charge in [0.15, 0.2) is 17.3 Å². The molecule has 1 saturated heterocycles. The van der Waals surface area contributed by atoms with Gasteiger partial charge in [0, 0.05) is 34.7 Å². The normalized spacial score (nSPS) is 21.6. The zero-order chi connectivity index (χ0) is 24.8. The molecule has 2 fully saturated rings. The van der Waals surface area contributed by atoms with E-state index in [1.54, 1.807) is 38.4 Å². The van der Waals surface area contributed by atoms with Gasteiger partial charge in [-0.1, -0.05) is 36.4 Å². The molecule has 4 aromatic rings. The highest BCUT2D eigenvalue weighted by Gasteiger charge is 2.67. The summed E-state index contributed by atoms with van der Waals surface area (Å²) in [5.74, 6) is 1.53. The number of aromatic nitrogens is 1. The first-order chi connectivity index (χ1) is 17.5. The van der Waals surface area contributed by atoms with Gasteiger partial charge in [-0.25, -0.2) is 0 Å². The molecular weight excluding hydrogens is 456 g/mol. The number of hydrogen-bond donors (Lipinski definition) is 1.